The van der Waals surface area contributed by atoms with Gasteiger partial charge in [0, 0.05) is 12.5 Å². The van der Waals surface area contributed by atoms with Crippen molar-refractivity contribution in [2.75, 3.05) is 7.11 Å². The highest BCUT2D eigenvalue weighted by Crippen LogP contribution is 2.14. The number of ether oxygens (including phenoxy) is 1. The molecule has 1 rings (SSSR count). The van der Waals surface area contributed by atoms with Gasteiger partial charge in [-0.25, -0.2) is 0 Å². The smallest absolute Gasteiger partial charge is 0.305 e. The van der Waals surface area contributed by atoms with E-state index in [0.29, 0.717) is 12.8 Å². The molecule has 1 atom stereocenters. The van der Waals surface area contributed by atoms with E-state index in [9.17, 15) is 4.79 Å². The molecular formula is C11H16ClNO2. The molecule has 0 unspecified atom stereocenters. The van der Waals surface area contributed by atoms with E-state index in [2.05, 4.69) is 4.74 Å². The number of rotatable bonds is 4. The summed E-state index contributed by atoms with van der Waals surface area (Å²) >= 11 is 0. The summed E-state index contributed by atoms with van der Waals surface area (Å²) in [6, 6.07) is 9.65. The molecule has 0 heterocycles. The zero-order valence-corrected chi connectivity index (χ0v) is 9.50. The fraction of sp³-hybridized carbons (Fsp3) is 0.364. The Morgan fingerprint density at radius 2 is 2.00 bits per heavy atom. The van der Waals surface area contributed by atoms with Gasteiger partial charge in [0.2, 0.25) is 0 Å². The topological polar surface area (TPSA) is 52.3 Å². The Morgan fingerprint density at radius 1 is 1.40 bits per heavy atom. The molecule has 0 amide bonds. The summed E-state index contributed by atoms with van der Waals surface area (Å²) in [5.41, 5.74) is 6.94. The van der Waals surface area contributed by atoms with E-state index in [-0.39, 0.29) is 24.4 Å². The summed E-state index contributed by atoms with van der Waals surface area (Å²) in [5, 5.41) is 0. The molecule has 15 heavy (non-hydrogen) atoms. The number of carbonyl (C=O) groups excluding carboxylic acids is 1. The van der Waals surface area contributed by atoms with Gasteiger partial charge >= 0.3 is 5.97 Å². The minimum absolute atomic E-state index is 0. The first-order valence-corrected chi connectivity index (χ1v) is 4.61. The summed E-state index contributed by atoms with van der Waals surface area (Å²) in [6.45, 7) is 0. The number of nitrogens with two attached hydrogens (primary N) is 1. The molecule has 1 aromatic carbocycles. The number of hydrogen-bond donors (Lipinski definition) is 1. The van der Waals surface area contributed by atoms with Crippen molar-refractivity contribution in [1.82, 2.24) is 0 Å². The predicted octanol–water partition coefficient (Wildman–Crippen LogP) is 2.06. The second-order valence-electron chi connectivity index (χ2n) is 3.13. The van der Waals surface area contributed by atoms with Crippen molar-refractivity contribution in [3.8, 4) is 0 Å². The van der Waals surface area contributed by atoms with E-state index in [0.717, 1.165) is 5.56 Å². The molecule has 0 spiro atoms. The first-order chi connectivity index (χ1) is 6.74. The molecule has 0 saturated heterocycles. The summed E-state index contributed by atoms with van der Waals surface area (Å²) in [4.78, 5) is 10.9. The normalized spacial score (nSPS) is 11.3. The van der Waals surface area contributed by atoms with Crippen LogP contribution < -0.4 is 5.73 Å². The van der Waals surface area contributed by atoms with E-state index in [1.165, 1.54) is 7.11 Å². The van der Waals surface area contributed by atoms with Gasteiger partial charge in [-0.2, -0.15) is 0 Å². The molecule has 0 fully saturated rings. The van der Waals surface area contributed by atoms with Crippen molar-refractivity contribution < 1.29 is 9.53 Å². The molecular weight excluding hydrogens is 214 g/mol. The van der Waals surface area contributed by atoms with E-state index in [1.807, 2.05) is 30.3 Å². The molecule has 0 radical (unpaired) electrons. The molecule has 84 valence electrons. The zero-order chi connectivity index (χ0) is 10.4. The van der Waals surface area contributed by atoms with Crippen LogP contribution in [-0.2, 0) is 9.53 Å². The van der Waals surface area contributed by atoms with Crippen molar-refractivity contribution in [1.29, 1.82) is 0 Å². The number of hydrogen-bond acceptors (Lipinski definition) is 3. The second-order valence-corrected chi connectivity index (χ2v) is 3.13. The van der Waals surface area contributed by atoms with Crippen molar-refractivity contribution in [2.24, 2.45) is 5.73 Å². The van der Waals surface area contributed by atoms with Gasteiger partial charge in [-0.05, 0) is 12.0 Å². The van der Waals surface area contributed by atoms with Crippen LogP contribution in [0.2, 0.25) is 0 Å². The Labute approximate surface area is 96.0 Å². The number of benzene rings is 1. The van der Waals surface area contributed by atoms with Gasteiger partial charge in [-0.1, -0.05) is 30.3 Å². The average Bonchev–Trinajstić information content (AvgIpc) is 2.26. The van der Waals surface area contributed by atoms with Crippen LogP contribution >= 0.6 is 12.4 Å². The van der Waals surface area contributed by atoms with Gasteiger partial charge in [0.15, 0.2) is 0 Å². The van der Waals surface area contributed by atoms with Crippen molar-refractivity contribution in [2.45, 2.75) is 18.9 Å². The highest BCUT2D eigenvalue weighted by atomic mass is 35.5. The molecule has 0 aliphatic carbocycles. The SMILES string of the molecule is COC(=O)CC[C@H](N)c1ccccc1.Cl. The standard InChI is InChI=1S/C11H15NO2.ClH/c1-14-11(13)8-7-10(12)9-5-3-2-4-6-9;/h2-6,10H,7-8,12H2,1H3;1H/t10-;/m0./s1. The first-order valence-electron chi connectivity index (χ1n) is 4.61. The van der Waals surface area contributed by atoms with Crippen LogP contribution in [0.3, 0.4) is 0 Å². The van der Waals surface area contributed by atoms with Crippen LogP contribution in [0.5, 0.6) is 0 Å². The molecule has 4 heteroatoms. The second kappa shape index (κ2) is 7.26. The Bertz CT molecular complexity index is 290. The van der Waals surface area contributed by atoms with Gasteiger partial charge < -0.3 is 10.5 Å². The zero-order valence-electron chi connectivity index (χ0n) is 8.68. The molecule has 0 bridgehead atoms. The Balaban J connectivity index is 0.00000196. The Kier molecular flexibility index (Phi) is 6.75. The van der Waals surface area contributed by atoms with Gasteiger partial charge in [0.05, 0.1) is 7.11 Å². The van der Waals surface area contributed by atoms with Crippen LogP contribution in [0.15, 0.2) is 30.3 Å². The lowest BCUT2D eigenvalue weighted by atomic mass is 10.0. The third-order valence-corrected chi connectivity index (χ3v) is 2.11. The maximum Gasteiger partial charge on any atom is 0.305 e. The third-order valence-electron chi connectivity index (χ3n) is 2.11. The molecule has 1 aromatic rings. The van der Waals surface area contributed by atoms with E-state index >= 15 is 0 Å². The number of halogens is 1. The quantitative estimate of drug-likeness (QED) is 0.805. The predicted molar refractivity (Wildman–Crippen MR) is 61.9 cm³/mol. The third kappa shape index (κ3) is 4.81. The van der Waals surface area contributed by atoms with E-state index in [1.54, 1.807) is 0 Å². The van der Waals surface area contributed by atoms with Gasteiger partial charge in [0.25, 0.3) is 0 Å². The highest BCUT2D eigenvalue weighted by Gasteiger charge is 2.08. The Hall–Kier alpha value is -1.06. The Morgan fingerprint density at radius 3 is 2.53 bits per heavy atom. The van der Waals surface area contributed by atoms with Crippen LogP contribution in [-0.4, -0.2) is 13.1 Å². The van der Waals surface area contributed by atoms with Crippen molar-refractivity contribution in [3.63, 3.8) is 0 Å². The fourth-order valence-corrected chi connectivity index (χ4v) is 1.24. The van der Waals surface area contributed by atoms with Crippen LogP contribution in [0.4, 0.5) is 0 Å². The lowest BCUT2D eigenvalue weighted by Crippen LogP contribution is -2.12. The molecule has 3 nitrogen and oxygen atoms in total. The molecule has 0 aromatic heterocycles. The maximum atomic E-state index is 10.9. The molecule has 0 aliphatic heterocycles. The maximum absolute atomic E-state index is 10.9. The van der Waals surface area contributed by atoms with E-state index < -0.39 is 0 Å². The highest BCUT2D eigenvalue weighted by molar-refractivity contribution is 5.85. The monoisotopic (exact) mass is 229 g/mol. The summed E-state index contributed by atoms with van der Waals surface area (Å²) in [7, 11) is 1.39. The lowest BCUT2D eigenvalue weighted by molar-refractivity contribution is -0.140. The van der Waals surface area contributed by atoms with Gasteiger partial charge in [0.1, 0.15) is 0 Å². The van der Waals surface area contributed by atoms with Crippen LogP contribution in [0, 0.1) is 0 Å². The number of methoxy groups -OCH3 is 1. The lowest BCUT2D eigenvalue weighted by Gasteiger charge is -2.10. The van der Waals surface area contributed by atoms with Gasteiger partial charge in [-0.15, -0.1) is 12.4 Å². The summed E-state index contributed by atoms with van der Waals surface area (Å²) in [6.07, 6.45) is 0.989. The fourth-order valence-electron chi connectivity index (χ4n) is 1.24. The molecule has 0 aliphatic rings. The average molecular weight is 230 g/mol. The van der Waals surface area contributed by atoms with Crippen LogP contribution in [0.1, 0.15) is 24.4 Å². The summed E-state index contributed by atoms with van der Waals surface area (Å²) < 4.78 is 4.54. The molecule has 2 N–H and O–H groups in total. The minimum Gasteiger partial charge on any atom is -0.469 e. The van der Waals surface area contributed by atoms with Crippen molar-refractivity contribution in [3.05, 3.63) is 35.9 Å². The largest absolute Gasteiger partial charge is 0.469 e. The first kappa shape index (κ1) is 13.9. The number of carbonyl (C=O) groups is 1. The van der Waals surface area contributed by atoms with Crippen molar-refractivity contribution >= 4 is 18.4 Å². The van der Waals surface area contributed by atoms with Crippen LogP contribution in [0.25, 0.3) is 0 Å². The van der Waals surface area contributed by atoms with Gasteiger partial charge in [-0.3, -0.25) is 4.79 Å². The van der Waals surface area contributed by atoms with E-state index in [4.69, 9.17) is 5.73 Å². The molecule has 0 saturated carbocycles. The minimum atomic E-state index is -0.212. The number of esters is 1. The summed E-state index contributed by atoms with van der Waals surface area (Å²) in [5.74, 6) is -0.212.